The lowest BCUT2D eigenvalue weighted by molar-refractivity contribution is -0.120. The summed E-state index contributed by atoms with van der Waals surface area (Å²) in [6.07, 6.45) is 6.15. The Hall–Kier alpha value is -2.88. The molecule has 134 valence electrons. The second kappa shape index (κ2) is 7.16. The molecule has 0 bridgehead atoms. The van der Waals surface area contributed by atoms with E-state index < -0.39 is 0 Å². The van der Waals surface area contributed by atoms with Crippen molar-refractivity contribution in [2.45, 2.75) is 19.8 Å². The predicted octanol–water partition coefficient (Wildman–Crippen LogP) is 1.68. The normalized spacial score (nSPS) is 15.2. The molecule has 26 heavy (non-hydrogen) atoms. The van der Waals surface area contributed by atoms with Crippen molar-refractivity contribution in [2.75, 3.05) is 23.3 Å². The summed E-state index contributed by atoms with van der Waals surface area (Å²) in [7, 11) is 0. The van der Waals surface area contributed by atoms with Crippen molar-refractivity contribution in [1.29, 1.82) is 0 Å². The third-order valence-corrected chi connectivity index (χ3v) is 5.21. The second-order valence-corrected chi connectivity index (χ2v) is 6.98. The Morgan fingerprint density at radius 3 is 2.73 bits per heavy atom. The number of piperidine rings is 1. The number of thiazole rings is 1. The topological polar surface area (TPSA) is 102 Å². The molecule has 10 heteroatoms. The number of nitrogens with zero attached hydrogens (tertiary/aromatic N) is 7. The summed E-state index contributed by atoms with van der Waals surface area (Å²) < 4.78 is 1.60. The van der Waals surface area contributed by atoms with Gasteiger partial charge in [0, 0.05) is 30.5 Å². The highest BCUT2D eigenvalue weighted by molar-refractivity contribution is 7.13. The fraction of sp³-hybridized carbons (Fsp3) is 0.375. The van der Waals surface area contributed by atoms with Crippen LogP contribution in [0, 0.1) is 12.8 Å². The summed E-state index contributed by atoms with van der Waals surface area (Å²) >= 11 is 1.46. The van der Waals surface area contributed by atoms with Gasteiger partial charge in [0.15, 0.2) is 10.9 Å². The number of amides is 1. The molecule has 0 unspecified atom stereocenters. The maximum Gasteiger partial charge on any atom is 0.229 e. The Kier molecular flexibility index (Phi) is 4.57. The minimum Gasteiger partial charge on any atom is -0.356 e. The van der Waals surface area contributed by atoms with Crippen LogP contribution in [0.5, 0.6) is 0 Å². The summed E-state index contributed by atoms with van der Waals surface area (Å²) in [5.74, 6) is 1.54. The third kappa shape index (κ3) is 3.54. The van der Waals surface area contributed by atoms with Crippen molar-refractivity contribution in [3.63, 3.8) is 0 Å². The van der Waals surface area contributed by atoms with Gasteiger partial charge in [-0.3, -0.25) is 4.79 Å². The molecular weight excluding hydrogens is 352 g/mol. The standard InChI is InChI=1S/C16H18N8OS/c1-11-7-26-16(21-11)22-15(25)12-2-4-23(5-3-12)13-6-14(19-9-18-13)24-10-17-8-20-24/h6-10,12H,2-5H2,1H3,(H,21,22,25). The quantitative estimate of drug-likeness (QED) is 0.745. The molecule has 0 radical (unpaired) electrons. The van der Waals surface area contributed by atoms with E-state index in [2.05, 4.69) is 35.3 Å². The van der Waals surface area contributed by atoms with Crippen molar-refractivity contribution >= 4 is 28.2 Å². The van der Waals surface area contributed by atoms with Gasteiger partial charge in [0.05, 0.1) is 5.69 Å². The Labute approximate surface area is 154 Å². The van der Waals surface area contributed by atoms with Crippen LogP contribution < -0.4 is 10.2 Å². The monoisotopic (exact) mass is 370 g/mol. The number of hydrogen-bond donors (Lipinski definition) is 1. The van der Waals surface area contributed by atoms with Gasteiger partial charge in [0.25, 0.3) is 0 Å². The van der Waals surface area contributed by atoms with Crippen LogP contribution >= 0.6 is 11.3 Å². The highest BCUT2D eigenvalue weighted by Gasteiger charge is 2.26. The van der Waals surface area contributed by atoms with E-state index in [1.165, 1.54) is 24.0 Å². The van der Waals surface area contributed by atoms with Crippen LogP contribution in [0.2, 0.25) is 0 Å². The maximum atomic E-state index is 12.4. The van der Waals surface area contributed by atoms with E-state index in [0.29, 0.717) is 10.9 Å². The average molecular weight is 370 g/mol. The van der Waals surface area contributed by atoms with Gasteiger partial charge in [-0.05, 0) is 19.8 Å². The van der Waals surface area contributed by atoms with Gasteiger partial charge in [-0.2, -0.15) is 5.10 Å². The molecule has 3 aromatic rings. The molecule has 9 nitrogen and oxygen atoms in total. The van der Waals surface area contributed by atoms with E-state index >= 15 is 0 Å². The number of anilines is 2. The van der Waals surface area contributed by atoms with E-state index in [4.69, 9.17) is 0 Å². The zero-order valence-corrected chi connectivity index (χ0v) is 15.1. The largest absolute Gasteiger partial charge is 0.356 e. The molecule has 1 aliphatic rings. The number of aromatic nitrogens is 6. The lowest BCUT2D eigenvalue weighted by atomic mass is 9.96. The highest BCUT2D eigenvalue weighted by atomic mass is 32.1. The minimum atomic E-state index is -0.00733. The fourth-order valence-electron chi connectivity index (χ4n) is 2.95. The molecule has 1 amide bonds. The zero-order valence-electron chi connectivity index (χ0n) is 14.2. The summed E-state index contributed by atoms with van der Waals surface area (Å²) in [5.41, 5.74) is 0.923. The molecule has 3 aromatic heterocycles. The van der Waals surface area contributed by atoms with Gasteiger partial charge >= 0.3 is 0 Å². The molecule has 0 aliphatic carbocycles. The molecule has 1 saturated heterocycles. The molecule has 0 atom stereocenters. The van der Waals surface area contributed by atoms with Gasteiger partial charge in [0.2, 0.25) is 5.91 Å². The van der Waals surface area contributed by atoms with Gasteiger partial charge in [-0.25, -0.2) is 24.6 Å². The van der Waals surface area contributed by atoms with Crippen molar-refractivity contribution in [1.82, 2.24) is 29.7 Å². The van der Waals surface area contributed by atoms with Crippen LogP contribution in [-0.2, 0) is 4.79 Å². The van der Waals surface area contributed by atoms with Crippen LogP contribution in [0.15, 0.2) is 30.4 Å². The maximum absolute atomic E-state index is 12.4. The van der Waals surface area contributed by atoms with Crippen molar-refractivity contribution < 1.29 is 4.79 Å². The lowest BCUT2D eigenvalue weighted by Gasteiger charge is -2.32. The molecule has 4 heterocycles. The van der Waals surface area contributed by atoms with Crippen LogP contribution in [-0.4, -0.2) is 48.7 Å². The van der Waals surface area contributed by atoms with Crippen molar-refractivity contribution in [3.05, 3.63) is 36.1 Å². The van der Waals surface area contributed by atoms with Crippen molar-refractivity contribution in [3.8, 4) is 5.82 Å². The molecule has 0 saturated carbocycles. The van der Waals surface area contributed by atoms with Crippen molar-refractivity contribution in [2.24, 2.45) is 5.92 Å². The van der Waals surface area contributed by atoms with E-state index in [9.17, 15) is 4.79 Å². The fourth-order valence-corrected chi connectivity index (χ4v) is 3.64. The first-order valence-electron chi connectivity index (χ1n) is 8.34. The SMILES string of the molecule is Cc1csc(NC(=O)C2CCN(c3cc(-n4cncn4)ncn3)CC2)n1. The number of nitrogens with one attached hydrogen (secondary N) is 1. The first-order chi connectivity index (χ1) is 12.7. The number of aryl methyl sites for hydroxylation is 1. The third-order valence-electron chi connectivity index (χ3n) is 4.33. The molecule has 4 rings (SSSR count). The summed E-state index contributed by atoms with van der Waals surface area (Å²) in [4.78, 5) is 31.4. The summed E-state index contributed by atoms with van der Waals surface area (Å²) in [6.45, 7) is 3.45. The molecule has 1 fully saturated rings. The Balaban J connectivity index is 1.37. The number of carbonyl (C=O) groups excluding carboxylic acids is 1. The van der Waals surface area contributed by atoms with Gasteiger partial charge in [-0.1, -0.05) is 0 Å². The molecule has 1 aliphatic heterocycles. The van der Waals surface area contributed by atoms with Crippen LogP contribution in [0.3, 0.4) is 0 Å². The zero-order chi connectivity index (χ0) is 17.9. The molecule has 0 aromatic carbocycles. The second-order valence-electron chi connectivity index (χ2n) is 6.12. The van der Waals surface area contributed by atoms with Crippen LogP contribution in [0.25, 0.3) is 5.82 Å². The predicted molar refractivity (Wildman–Crippen MR) is 97.4 cm³/mol. The lowest BCUT2D eigenvalue weighted by Crippen LogP contribution is -2.38. The van der Waals surface area contributed by atoms with Crippen LogP contribution in [0.1, 0.15) is 18.5 Å². The Morgan fingerprint density at radius 1 is 1.23 bits per heavy atom. The molecular formula is C16H18N8OS. The summed E-state index contributed by atoms with van der Waals surface area (Å²) in [6, 6.07) is 1.88. The van der Waals surface area contributed by atoms with E-state index in [1.54, 1.807) is 11.0 Å². The van der Waals surface area contributed by atoms with Gasteiger partial charge in [0.1, 0.15) is 24.8 Å². The number of carbonyl (C=O) groups is 1. The van der Waals surface area contributed by atoms with E-state index in [0.717, 1.165) is 37.4 Å². The number of hydrogen-bond acceptors (Lipinski definition) is 8. The highest BCUT2D eigenvalue weighted by Crippen LogP contribution is 2.24. The number of rotatable bonds is 4. The first kappa shape index (κ1) is 16.6. The summed E-state index contributed by atoms with van der Waals surface area (Å²) in [5, 5.41) is 9.61. The molecule has 1 N–H and O–H groups in total. The Bertz CT molecular complexity index is 885. The van der Waals surface area contributed by atoms with Crippen LogP contribution in [0.4, 0.5) is 10.9 Å². The van der Waals surface area contributed by atoms with Gasteiger partial charge < -0.3 is 10.2 Å². The Morgan fingerprint density at radius 2 is 2.04 bits per heavy atom. The first-order valence-corrected chi connectivity index (χ1v) is 9.22. The molecule has 0 spiro atoms. The smallest absolute Gasteiger partial charge is 0.229 e. The van der Waals surface area contributed by atoms with E-state index in [-0.39, 0.29) is 11.8 Å². The van der Waals surface area contributed by atoms with Gasteiger partial charge in [-0.15, -0.1) is 11.3 Å². The minimum absolute atomic E-state index is 0.00733. The van der Waals surface area contributed by atoms with E-state index in [1.807, 2.05) is 18.4 Å². The average Bonchev–Trinajstić information content (AvgIpc) is 3.34.